The Hall–Kier alpha value is -0.960. The summed E-state index contributed by atoms with van der Waals surface area (Å²) >= 11 is 5.31. The lowest BCUT2D eigenvalue weighted by atomic mass is 10.4. The predicted molar refractivity (Wildman–Crippen MR) is 33.7 cm³/mol. The second-order valence-electron chi connectivity index (χ2n) is 1.52. The van der Waals surface area contributed by atoms with Crippen LogP contribution in [0.3, 0.4) is 0 Å². The van der Waals surface area contributed by atoms with Crippen molar-refractivity contribution in [3.05, 3.63) is 27.6 Å². The Bertz CT molecular complexity index is 245. The smallest absolute Gasteiger partial charge is 0.241 e. The normalized spacial score (nSPS) is 9.44. The molecular weight excluding hydrogens is 142 g/mol. The van der Waals surface area contributed by atoms with Crippen LogP contribution in [0.5, 0.6) is 5.75 Å². The molecule has 0 unspecified atom stereocenters. The lowest BCUT2D eigenvalue weighted by molar-refractivity contribution is 0.467. The fourth-order valence-corrected chi connectivity index (χ4v) is 0.607. The molecule has 0 atom stereocenters. The van der Waals surface area contributed by atoms with E-state index < -0.39 is 5.43 Å². The van der Waals surface area contributed by atoms with Crippen LogP contribution in [0.4, 0.5) is 0 Å². The molecule has 0 aliphatic heterocycles. The predicted octanol–water partition coefficient (Wildman–Crippen LogP) is 0.734. The molecule has 9 heavy (non-hydrogen) atoms. The van der Waals surface area contributed by atoms with E-state index >= 15 is 0 Å². The average molecular weight is 146 g/mol. The molecule has 0 bridgehead atoms. The molecule has 3 nitrogen and oxygen atoms in total. The number of hydrogen-bond donors (Lipinski definition) is 2. The highest BCUT2D eigenvalue weighted by Crippen LogP contribution is 2.03. The standard InChI is InChI=1S/C5H4ClNO2/c6-3-1-7-2-4(8)5(3)9/h1-2,8H,(H,7,9). The minimum absolute atomic E-state index is 0.00463. The molecule has 48 valence electrons. The van der Waals surface area contributed by atoms with Gasteiger partial charge in [-0.2, -0.15) is 0 Å². The zero-order valence-electron chi connectivity index (χ0n) is 4.39. The number of pyridine rings is 1. The van der Waals surface area contributed by atoms with Crippen molar-refractivity contribution in [1.82, 2.24) is 4.98 Å². The first-order chi connectivity index (χ1) is 4.22. The summed E-state index contributed by atoms with van der Waals surface area (Å²) in [6.45, 7) is 0. The van der Waals surface area contributed by atoms with Crippen molar-refractivity contribution in [1.29, 1.82) is 0 Å². The number of aromatic hydroxyl groups is 1. The van der Waals surface area contributed by atoms with Crippen LogP contribution in [-0.4, -0.2) is 10.1 Å². The first-order valence-electron chi connectivity index (χ1n) is 2.27. The van der Waals surface area contributed by atoms with Crippen LogP contribution in [0.2, 0.25) is 5.02 Å². The maximum Gasteiger partial charge on any atom is 0.241 e. The van der Waals surface area contributed by atoms with Crippen LogP contribution in [0, 0.1) is 0 Å². The van der Waals surface area contributed by atoms with Gasteiger partial charge >= 0.3 is 0 Å². The molecule has 1 aromatic heterocycles. The SMILES string of the molecule is O=c1c(O)c[nH]cc1Cl. The molecule has 4 heteroatoms. The molecule has 0 saturated carbocycles. The van der Waals surface area contributed by atoms with E-state index in [1.54, 1.807) is 0 Å². The van der Waals surface area contributed by atoms with Crippen LogP contribution in [-0.2, 0) is 0 Å². The average Bonchev–Trinajstić information content (AvgIpc) is 1.83. The molecule has 0 saturated heterocycles. The highest BCUT2D eigenvalue weighted by Gasteiger charge is 1.97. The molecule has 0 spiro atoms. The number of aromatic nitrogens is 1. The van der Waals surface area contributed by atoms with Crippen molar-refractivity contribution in [3.63, 3.8) is 0 Å². The monoisotopic (exact) mass is 145 g/mol. The number of rotatable bonds is 0. The summed E-state index contributed by atoms with van der Waals surface area (Å²) in [6, 6.07) is 0. The first-order valence-corrected chi connectivity index (χ1v) is 2.65. The molecule has 0 aromatic carbocycles. The van der Waals surface area contributed by atoms with Gasteiger partial charge in [-0.25, -0.2) is 0 Å². The fraction of sp³-hybridized carbons (Fsp3) is 0. The van der Waals surface area contributed by atoms with E-state index in [0.717, 1.165) is 0 Å². The Balaban J connectivity index is 3.43. The Morgan fingerprint density at radius 2 is 2.22 bits per heavy atom. The summed E-state index contributed by atoms with van der Waals surface area (Å²) in [7, 11) is 0. The minimum Gasteiger partial charge on any atom is -0.503 e. The third-order valence-electron chi connectivity index (χ3n) is 0.880. The topological polar surface area (TPSA) is 53.1 Å². The van der Waals surface area contributed by atoms with Gasteiger partial charge in [0.05, 0.1) is 0 Å². The second kappa shape index (κ2) is 2.11. The summed E-state index contributed by atoms with van der Waals surface area (Å²) in [5, 5.41) is 8.67. The van der Waals surface area contributed by atoms with Gasteiger partial charge in [0, 0.05) is 12.4 Å². The van der Waals surface area contributed by atoms with Gasteiger partial charge in [0.2, 0.25) is 5.43 Å². The third kappa shape index (κ3) is 1.05. The highest BCUT2D eigenvalue weighted by molar-refractivity contribution is 6.30. The second-order valence-corrected chi connectivity index (χ2v) is 1.92. The molecular formula is C5H4ClNO2. The van der Waals surface area contributed by atoms with Gasteiger partial charge in [0.15, 0.2) is 5.75 Å². The third-order valence-corrected chi connectivity index (χ3v) is 1.16. The molecule has 0 fully saturated rings. The van der Waals surface area contributed by atoms with Crippen molar-refractivity contribution in [2.24, 2.45) is 0 Å². The van der Waals surface area contributed by atoms with E-state index in [1.165, 1.54) is 12.4 Å². The van der Waals surface area contributed by atoms with Gasteiger partial charge in [-0.1, -0.05) is 11.6 Å². The van der Waals surface area contributed by atoms with Crippen LogP contribution in [0.1, 0.15) is 0 Å². The Labute approximate surface area is 55.9 Å². The van der Waals surface area contributed by atoms with Crippen LogP contribution < -0.4 is 5.43 Å². The van der Waals surface area contributed by atoms with Gasteiger partial charge in [0.1, 0.15) is 5.02 Å². The number of H-pyrrole nitrogens is 1. The van der Waals surface area contributed by atoms with E-state index in [0.29, 0.717) is 0 Å². The van der Waals surface area contributed by atoms with Crippen molar-refractivity contribution >= 4 is 11.6 Å². The van der Waals surface area contributed by atoms with Crippen LogP contribution in [0.15, 0.2) is 17.2 Å². The van der Waals surface area contributed by atoms with Crippen molar-refractivity contribution in [3.8, 4) is 5.75 Å². The molecule has 2 N–H and O–H groups in total. The quantitative estimate of drug-likeness (QED) is 0.566. The van der Waals surface area contributed by atoms with Gasteiger partial charge in [-0.3, -0.25) is 4.79 Å². The molecule has 1 heterocycles. The number of nitrogens with one attached hydrogen (secondary N) is 1. The number of aromatic amines is 1. The summed E-state index contributed by atoms with van der Waals surface area (Å²) in [5.41, 5.74) is -0.546. The Morgan fingerprint density at radius 3 is 2.67 bits per heavy atom. The van der Waals surface area contributed by atoms with Crippen molar-refractivity contribution in [2.45, 2.75) is 0 Å². The number of hydrogen-bond acceptors (Lipinski definition) is 2. The van der Waals surface area contributed by atoms with E-state index in [9.17, 15) is 4.79 Å². The van der Waals surface area contributed by atoms with Crippen molar-refractivity contribution < 1.29 is 5.11 Å². The lowest BCUT2D eigenvalue weighted by Crippen LogP contribution is -1.99. The van der Waals surface area contributed by atoms with Crippen LogP contribution >= 0.6 is 11.6 Å². The highest BCUT2D eigenvalue weighted by atomic mass is 35.5. The maximum atomic E-state index is 10.6. The summed E-state index contributed by atoms with van der Waals surface area (Å²) in [4.78, 5) is 13.1. The minimum atomic E-state index is -0.546. The zero-order valence-corrected chi connectivity index (χ0v) is 5.14. The molecule has 0 amide bonds. The number of halogens is 1. The molecule has 1 aromatic rings. The molecule has 0 aliphatic rings. The van der Waals surface area contributed by atoms with Gasteiger partial charge in [-0.15, -0.1) is 0 Å². The molecule has 1 rings (SSSR count). The largest absolute Gasteiger partial charge is 0.503 e. The Kier molecular flexibility index (Phi) is 1.44. The van der Waals surface area contributed by atoms with Gasteiger partial charge < -0.3 is 10.1 Å². The molecule has 0 aliphatic carbocycles. The van der Waals surface area contributed by atoms with Crippen LogP contribution in [0.25, 0.3) is 0 Å². The summed E-state index contributed by atoms with van der Waals surface area (Å²) < 4.78 is 0. The summed E-state index contributed by atoms with van der Waals surface area (Å²) in [5.74, 6) is -0.359. The summed E-state index contributed by atoms with van der Waals surface area (Å²) in [6.07, 6.45) is 2.48. The Morgan fingerprint density at radius 1 is 1.56 bits per heavy atom. The van der Waals surface area contributed by atoms with E-state index in [2.05, 4.69) is 4.98 Å². The van der Waals surface area contributed by atoms with E-state index in [1.807, 2.05) is 0 Å². The van der Waals surface area contributed by atoms with Crippen molar-refractivity contribution in [2.75, 3.05) is 0 Å². The maximum absolute atomic E-state index is 10.6. The zero-order chi connectivity index (χ0) is 6.85. The molecule has 0 radical (unpaired) electrons. The van der Waals surface area contributed by atoms with E-state index in [-0.39, 0.29) is 10.8 Å². The lowest BCUT2D eigenvalue weighted by Gasteiger charge is -1.88. The van der Waals surface area contributed by atoms with Gasteiger partial charge in [-0.05, 0) is 0 Å². The fourth-order valence-electron chi connectivity index (χ4n) is 0.447. The first kappa shape index (κ1) is 6.16. The van der Waals surface area contributed by atoms with E-state index in [4.69, 9.17) is 16.7 Å². The van der Waals surface area contributed by atoms with Gasteiger partial charge in [0.25, 0.3) is 0 Å².